The molecule has 1 aromatic heterocycles. The first-order chi connectivity index (χ1) is 15.0. The van der Waals surface area contributed by atoms with Crippen molar-refractivity contribution in [1.29, 1.82) is 0 Å². The van der Waals surface area contributed by atoms with Gasteiger partial charge in [-0.3, -0.25) is 9.69 Å². The van der Waals surface area contributed by atoms with E-state index in [1.165, 1.54) is 0 Å². The monoisotopic (exact) mass is 451 g/mol. The van der Waals surface area contributed by atoms with Crippen LogP contribution in [0.5, 0.6) is 5.75 Å². The van der Waals surface area contributed by atoms with Crippen LogP contribution >= 0.6 is 23.2 Å². The van der Waals surface area contributed by atoms with Gasteiger partial charge in [-0.2, -0.15) is 0 Å². The van der Waals surface area contributed by atoms with Crippen molar-refractivity contribution in [2.24, 2.45) is 0 Å². The Bertz CT molecular complexity index is 1350. The zero-order valence-corrected chi connectivity index (χ0v) is 18.3. The number of halogens is 2. The number of hydrogen-bond acceptors (Lipinski definition) is 4. The number of fused-ring (bicyclic) bond motifs is 3. The second-order valence-electron chi connectivity index (χ2n) is 7.66. The number of benzene rings is 3. The predicted molar refractivity (Wildman–Crippen MR) is 124 cm³/mol. The summed E-state index contributed by atoms with van der Waals surface area (Å²) in [5.74, 6) is 1.34. The van der Waals surface area contributed by atoms with Crippen LogP contribution in [0.15, 0.2) is 69.9 Å². The van der Waals surface area contributed by atoms with Gasteiger partial charge in [-0.15, -0.1) is 0 Å². The number of rotatable bonds is 3. The van der Waals surface area contributed by atoms with Crippen molar-refractivity contribution in [3.63, 3.8) is 0 Å². The highest BCUT2D eigenvalue weighted by Gasteiger charge is 2.24. The van der Waals surface area contributed by atoms with E-state index in [2.05, 4.69) is 4.90 Å². The van der Waals surface area contributed by atoms with Crippen molar-refractivity contribution < 1.29 is 9.15 Å². The topological polar surface area (TPSA) is 42.7 Å². The number of nitrogens with zero attached hydrogens (tertiary/aromatic N) is 1. The highest BCUT2D eigenvalue weighted by molar-refractivity contribution is 6.42. The van der Waals surface area contributed by atoms with Crippen LogP contribution in [-0.2, 0) is 13.1 Å². The van der Waals surface area contributed by atoms with Crippen molar-refractivity contribution in [1.82, 2.24) is 4.90 Å². The largest absolute Gasteiger partial charge is 0.478 e. The van der Waals surface area contributed by atoms with E-state index in [9.17, 15) is 4.79 Å². The van der Waals surface area contributed by atoms with Gasteiger partial charge >= 0.3 is 0 Å². The van der Waals surface area contributed by atoms with Gasteiger partial charge in [0.05, 0.1) is 26.6 Å². The van der Waals surface area contributed by atoms with Gasteiger partial charge in [-0.1, -0.05) is 59.6 Å². The molecule has 0 saturated heterocycles. The van der Waals surface area contributed by atoms with Gasteiger partial charge in [0.15, 0.2) is 0 Å². The van der Waals surface area contributed by atoms with Gasteiger partial charge in [-0.05, 0) is 42.3 Å². The lowest BCUT2D eigenvalue weighted by atomic mass is 10.0. The van der Waals surface area contributed by atoms with Crippen molar-refractivity contribution in [2.75, 3.05) is 6.73 Å². The van der Waals surface area contributed by atoms with E-state index >= 15 is 0 Å². The van der Waals surface area contributed by atoms with E-state index in [-0.39, 0.29) is 5.43 Å². The van der Waals surface area contributed by atoms with Gasteiger partial charge < -0.3 is 9.15 Å². The number of ether oxygens (including phenoxy) is 1. The molecule has 0 spiro atoms. The normalized spacial score (nSPS) is 13.8. The predicted octanol–water partition coefficient (Wildman–Crippen LogP) is 6.43. The second-order valence-corrected chi connectivity index (χ2v) is 8.47. The fourth-order valence-electron chi connectivity index (χ4n) is 4.06. The maximum atomic E-state index is 13.3. The molecule has 6 heteroatoms. The van der Waals surface area contributed by atoms with Crippen molar-refractivity contribution in [2.45, 2.75) is 20.0 Å². The van der Waals surface area contributed by atoms with Crippen molar-refractivity contribution in [3.05, 3.63) is 97.8 Å². The van der Waals surface area contributed by atoms with Crippen LogP contribution in [0.25, 0.3) is 22.1 Å². The summed E-state index contributed by atoms with van der Waals surface area (Å²) in [5, 5.41) is 1.62. The van der Waals surface area contributed by atoms with E-state index in [0.29, 0.717) is 52.2 Å². The zero-order chi connectivity index (χ0) is 21.5. The fraction of sp³-hybridized carbons (Fsp3) is 0.160. The smallest absolute Gasteiger partial charge is 0.200 e. The molecule has 0 N–H and O–H groups in total. The van der Waals surface area contributed by atoms with E-state index in [1.54, 1.807) is 12.1 Å². The Hall–Kier alpha value is -2.79. The van der Waals surface area contributed by atoms with Crippen molar-refractivity contribution in [3.8, 4) is 16.9 Å². The summed E-state index contributed by atoms with van der Waals surface area (Å²) < 4.78 is 12.2. The first kappa shape index (κ1) is 20.1. The van der Waals surface area contributed by atoms with E-state index in [1.807, 2.05) is 55.5 Å². The molecule has 1 aliphatic rings. The summed E-state index contributed by atoms with van der Waals surface area (Å²) in [5.41, 5.74) is 3.91. The molecule has 0 atom stereocenters. The minimum Gasteiger partial charge on any atom is -0.478 e. The van der Waals surface area contributed by atoms with Crippen LogP contribution < -0.4 is 10.2 Å². The summed E-state index contributed by atoms with van der Waals surface area (Å²) in [6.45, 7) is 3.50. The second kappa shape index (κ2) is 8.04. The highest BCUT2D eigenvalue weighted by Crippen LogP contribution is 2.34. The van der Waals surface area contributed by atoms with Crippen LogP contribution in [0.4, 0.5) is 0 Å². The summed E-state index contributed by atoms with van der Waals surface area (Å²) in [7, 11) is 0. The molecule has 4 nitrogen and oxygen atoms in total. The quantitative estimate of drug-likeness (QED) is 0.360. The molecule has 156 valence electrons. The average Bonchev–Trinajstić information content (AvgIpc) is 2.77. The first-order valence-corrected chi connectivity index (χ1v) is 10.7. The molecule has 0 radical (unpaired) electrons. The van der Waals surface area contributed by atoms with Crippen LogP contribution in [0, 0.1) is 6.92 Å². The van der Waals surface area contributed by atoms with Gasteiger partial charge in [0.1, 0.15) is 23.8 Å². The molecule has 0 amide bonds. The Balaban J connectivity index is 1.54. The fourth-order valence-corrected chi connectivity index (χ4v) is 4.38. The Labute approximate surface area is 189 Å². The van der Waals surface area contributed by atoms with E-state index in [4.69, 9.17) is 32.4 Å². The molecular weight excluding hydrogens is 433 g/mol. The van der Waals surface area contributed by atoms with E-state index in [0.717, 1.165) is 22.4 Å². The van der Waals surface area contributed by atoms with Gasteiger partial charge in [-0.25, -0.2) is 0 Å². The first-order valence-electron chi connectivity index (χ1n) is 9.95. The summed E-state index contributed by atoms with van der Waals surface area (Å²) >= 11 is 12.2. The summed E-state index contributed by atoms with van der Waals surface area (Å²) in [4.78, 5) is 15.5. The van der Waals surface area contributed by atoms with Gasteiger partial charge in [0.25, 0.3) is 0 Å². The minimum atomic E-state index is -0.0330. The lowest BCUT2D eigenvalue weighted by Gasteiger charge is -2.29. The SMILES string of the molecule is Cc1oc2c3c(ccc2c(=O)c1-c1ccccc1)OCN(Cc1ccc(Cl)c(Cl)c1)C3. The minimum absolute atomic E-state index is 0.0330. The van der Waals surface area contributed by atoms with Crippen LogP contribution in [0.1, 0.15) is 16.9 Å². The lowest BCUT2D eigenvalue weighted by Crippen LogP contribution is -2.31. The third-order valence-corrected chi connectivity index (χ3v) is 6.27. The van der Waals surface area contributed by atoms with Crippen LogP contribution in [0.3, 0.4) is 0 Å². The Kier molecular flexibility index (Phi) is 5.22. The molecule has 5 rings (SSSR count). The molecular formula is C25H19Cl2NO3. The molecule has 4 aromatic rings. The van der Waals surface area contributed by atoms with Gasteiger partial charge in [0, 0.05) is 13.1 Å². The third-order valence-electron chi connectivity index (χ3n) is 5.53. The molecule has 0 aliphatic carbocycles. The molecule has 31 heavy (non-hydrogen) atoms. The molecule has 0 bridgehead atoms. The molecule has 3 aromatic carbocycles. The number of hydrogen-bond donors (Lipinski definition) is 0. The lowest BCUT2D eigenvalue weighted by molar-refractivity contribution is 0.0890. The van der Waals surface area contributed by atoms with Crippen LogP contribution in [0.2, 0.25) is 10.0 Å². The number of aryl methyl sites for hydroxylation is 1. The molecule has 2 heterocycles. The average molecular weight is 452 g/mol. The Morgan fingerprint density at radius 1 is 1.00 bits per heavy atom. The van der Waals surface area contributed by atoms with E-state index < -0.39 is 0 Å². The molecule has 0 saturated carbocycles. The molecule has 1 aliphatic heterocycles. The molecule has 0 fully saturated rings. The Morgan fingerprint density at radius 3 is 2.58 bits per heavy atom. The maximum Gasteiger partial charge on any atom is 0.200 e. The van der Waals surface area contributed by atoms with Gasteiger partial charge in [0.2, 0.25) is 5.43 Å². The summed E-state index contributed by atoms with van der Waals surface area (Å²) in [6.07, 6.45) is 0. The summed E-state index contributed by atoms with van der Waals surface area (Å²) in [6, 6.07) is 18.9. The standard InChI is InChI=1S/C25H19Cl2NO3/c1-15-23(17-5-3-2-4-6-17)24(29)18-8-10-22-19(25(18)31-15)13-28(14-30-22)12-16-7-9-20(26)21(27)11-16/h2-11H,12-14H2,1H3. The maximum absolute atomic E-state index is 13.3. The Morgan fingerprint density at radius 2 is 1.81 bits per heavy atom. The highest BCUT2D eigenvalue weighted by atomic mass is 35.5. The van der Waals surface area contributed by atoms with Crippen molar-refractivity contribution >= 4 is 34.2 Å². The zero-order valence-electron chi connectivity index (χ0n) is 16.8. The van der Waals surface area contributed by atoms with Crippen LogP contribution in [-0.4, -0.2) is 11.6 Å². The molecule has 0 unspecified atom stereocenters. The third kappa shape index (κ3) is 3.72.